The van der Waals surface area contributed by atoms with Gasteiger partial charge in [0.15, 0.2) is 10.9 Å². The Kier molecular flexibility index (Phi) is 6.50. The number of carbonyl (C=O) groups is 1. The Balaban J connectivity index is 1.69. The molecule has 2 heterocycles. The minimum Gasteiger partial charge on any atom is -0.496 e. The third-order valence-electron chi connectivity index (χ3n) is 5.10. The molecule has 0 N–H and O–H groups in total. The van der Waals surface area contributed by atoms with Crippen molar-refractivity contribution in [2.75, 3.05) is 26.5 Å². The zero-order valence-electron chi connectivity index (χ0n) is 16.5. The fraction of sp³-hybridized carbons (Fsp3) is 0.476. The first-order valence-electron chi connectivity index (χ1n) is 9.28. The average Bonchev–Trinajstić information content (AvgIpc) is 2.68. The number of carbonyl (C=O) groups excluding carboxylic acids is 1. The predicted molar refractivity (Wildman–Crippen MR) is 109 cm³/mol. The molecule has 0 amide bonds. The highest BCUT2D eigenvalue weighted by Crippen LogP contribution is 2.28. The molecule has 0 radical (unpaired) electrons. The molecule has 0 aliphatic carbocycles. The third-order valence-corrected chi connectivity index (χ3v) is 5.67. The van der Waals surface area contributed by atoms with Crippen LogP contribution in [0.4, 0.5) is 0 Å². The van der Waals surface area contributed by atoms with Crippen molar-refractivity contribution in [2.45, 2.75) is 38.4 Å². The quantitative estimate of drug-likeness (QED) is 0.427. The molecule has 1 aliphatic rings. The first-order chi connectivity index (χ1) is 13.0. The number of hydrogen-bond acceptors (Lipinski definition) is 6. The van der Waals surface area contributed by atoms with Crippen LogP contribution in [0.1, 0.15) is 39.9 Å². The molecule has 0 spiro atoms. The van der Waals surface area contributed by atoms with Gasteiger partial charge in [-0.2, -0.15) is 0 Å². The van der Waals surface area contributed by atoms with E-state index in [1.54, 1.807) is 18.9 Å². The minimum absolute atomic E-state index is 0.0392. The van der Waals surface area contributed by atoms with E-state index in [1.807, 2.05) is 44.6 Å². The van der Waals surface area contributed by atoms with Gasteiger partial charge >= 0.3 is 0 Å². The molecule has 144 valence electrons. The number of aryl methyl sites for hydroxylation is 2. The van der Waals surface area contributed by atoms with Crippen molar-refractivity contribution >= 4 is 17.5 Å². The number of ether oxygens (including phenoxy) is 1. The maximum Gasteiger partial charge on any atom is 0.187 e. The number of piperidine rings is 1. The molecule has 3 rings (SSSR count). The van der Waals surface area contributed by atoms with Gasteiger partial charge in [0, 0.05) is 42.5 Å². The predicted octanol–water partition coefficient (Wildman–Crippen LogP) is 3.92. The summed E-state index contributed by atoms with van der Waals surface area (Å²) in [5, 5.41) is 0.788. The largest absolute Gasteiger partial charge is 0.496 e. The van der Waals surface area contributed by atoms with Crippen LogP contribution in [0.15, 0.2) is 29.7 Å². The van der Waals surface area contributed by atoms with E-state index >= 15 is 0 Å². The van der Waals surface area contributed by atoms with Crippen LogP contribution < -0.4 is 4.74 Å². The summed E-state index contributed by atoms with van der Waals surface area (Å²) in [6, 6.07) is 3.92. The number of nitrogens with zero attached hydrogens (tertiary/aromatic N) is 3. The number of likely N-dealkylation sites (tertiary alicyclic amines) is 1. The molecule has 1 aromatic heterocycles. The maximum atomic E-state index is 13.1. The number of Topliss-reactive ketones (excluding diaryl/α,β-unsaturated/α-hetero) is 1. The molecule has 2 aromatic rings. The van der Waals surface area contributed by atoms with E-state index in [-0.39, 0.29) is 11.7 Å². The summed E-state index contributed by atoms with van der Waals surface area (Å²) in [5.41, 5.74) is 3.92. The average molecular weight is 386 g/mol. The Morgan fingerprint density at radius 3 is 2.52 bits per heavy atom. The Hall–Kier alpha value is -1.92. The number of thioether (sulfide) groups is 1. The SMILES string of the molecule is COc1c(C)cc(C(=O)C2CCCN(Cc3cnc(SC)nc3)C2)cc1C. The monoisotopic (exact) mass is 385 g/mol. The zero-order valence-corrected chi connectivity index (χ0v) is 17.3. The fourth-order valence-electron chi connectivity index (χ4n) is 3.85. The van der Waals surface area contributed by atoms with Gasteiger partial charge in [-0.25, -0.2) is 9.97 Å². The molecule has 0 saturated carbocycles. The summed E-state index contributed by atoms with van der Waals surface area (Å²) in [6.07, 6.45) is 7.73. The summed E-state index contributed by atoms with van der Waals surface area (Å²) in [7, 11) is 1.67. The molecule has 0 bridgehead atoms. The van der Waals surface area contributed by atoms with Crippen molar-refractivity contribution in [3.63, 3.8) is 0 Å². The first kappa shape index (κ1) is 19.8. The van der Waals surface area contributed by atoms with Gasteiger partial charge in [-0.1, -0.05) is 11.8 Å². The first-order valence-corrected chi connectivity index (χ1v) is 10.5. The molecule has 6 heteroatoms. The van der Waals surface area contributed by atoms with Crippen molar-refractivity contribution in [2.24, 2.45) is 5.92 Å². The Morgan fingerprint density at radius 1 is 1.26 bits per heavy atom. The van der Waals surface area contributed by atoms with Crippen LogP contribution in [0.3, 0.4) is 0 Å². The van der Waals surface area contributed by atoms with Gasteiger partial charge in [0.2, 0.25) is 0 Å². The molecular weight excluding hydrogens is 358 g/mol. The van der Waals surface area contributed by atoms with Crippen molar-refractivity contribution in [3.8, 4) is 5.75 Å². The highest BCUT2D eigenvalue weighted by molar-refractivity contribution is 7.98. The Morgan fingerprint density at radius 2 is 1.93 bits per heavy atom. The Labute approximate surface area is 165 Å². The second-order valence-electron chi connectivity index (χ2n) is 7.16. The number of benzene rings is 1. The highest BCUT2D eigenvalue weighted by atomic mass is 32.2. The number of hydrogen-bond donors (Lipinski definition) is 0. The lowest BCUT2D eigenvalue weighted by atomic mass is 9.88. The molecule has 1 unspecified atom stereocenters. The summed E-state index contributed by atoms with van der Waals surface area (Å²) in [4.78, 5) is 24.1. The number of methoxy groups -OCH3 is 1. The Bertz CT molecular complexity index is 785. The number of aromatic nitrogens is 2. The van der Waals surface area contributed by atoms with E-state index in [1.165, 1.54) is 0 Å². The molecule has 1 fully saturated rings. The molecule has 1 aromatic carbocycles. The summed E-state index contributed by atoms with van der Waals surface area (Å²) in [5.74, 6) is 1.14. The van der Waals surface area contributed by atoms with E-state index in [2.05, 4.69) is 14.9 Å². The van der Waals surface area contributed by atoms with Crippen LogP contribution in [-0.4, -0.2) is 47.1 Å². The van der Waals surface area contributed by atoms with Gasteiger partial charge in [-0.3, -0.25) is 9.69 Å². The second kappa shape index (κ2) is 8.85. The summed E-state index contributed by atoms with van der Waals surface area (Å²) < 4.78 is 5.42. The van der Waals surface area contributed by atoms with E-state index in [4.69, 9.17) is 4.74 Å². The van der Waals surface area contributed by atoms with Crippen molar-refractivity contribution < 1.29 is 9.53 Å². The highest BCUT2D eigenvalue weighted by Gasteiger charge is 2.27. The van der Waals surface area contributed by atoms with Crippen LogP contribution >= 0.6 is 11.8 Å². The fourth-order valence-corrected chi connectivity index (χ4v) is 4.17. The lowest BCUT2D eigenvalue weighted by Gasteiger charge is -2.32. The van der Waals surface area contributed by atoms with Gasteiger partial charge in [0.1, 0.15) is 5.75 Å². The number of rotatable bonds is 6. The van der Waals surface area contributed by atoms with E-state index in [9.17, 15) is 4.79 Å². The van der Waals surface area contributed by atoms with Crippen molar-refractivity contribution in [1.82, 2.24) is 14.9 Å². The van der Waals surface area contributed by atoms with Crippen molar-refractivity contribution in [3.05, 3.63) is 46.8 Å². The van der Waals surface area contributed by atoms with E-state index < -0.39 is 0 Å². The third kappa shape index (κ3) is 4.68. The molecule has 1 aliphatic heterocycles. The van der Waals surface area contributed by atoms with Crippen LogP contribution in [0.2, 0.25) is 0 Å². The van der Waals surface area contributed by atoms with Gasteiger partial charge in [-0.15, -0.1) is 0 Å². The van der Waals surface area contributed by atoms with Gasteiger partial charge in [-0.05, 0) is 62.7 Å². The van der Waals surface area contributed by atoms with E-state index in [0.29, 0.717) is 0 Å². The normalized spacial score (nSPS) is 17.7. The summed E-state index contributed by atoms with van der Waals surface area (Å²) >= 11 is 1.54. The van der Waals surface area contributed by atoms with Gasteiger partial charge in [0.25, 0.3) is 0 Å². The summed E-state index contributed by atoms with van der Waals surface area (Å²) in [6.45, 7) is 6.57. The lowest BCUT2D eigenvalue weighted by molar-refractivity contribution is 0.0811. The molecule has 5 nitrogen and oxygen atoms in total. The van der Waals surface area contributed by atoms with Gasteiger partial charge < -0.3 is 4.74 Å². The van der Waals surface area contributed by atoms with Crippen LogP contribution in [0, 0.1) is 19.8 Å². The van der Waals surface area contributed by atoms with Gasteiger partial charge in [0.05, 0.1) is 7.11 Å². The number of ketones is 1. The van der Waals surface area contributed by atoms with Crippen LogP contribution in [-0.2, 0) is 6.54 Å². The second-order valence-corrected chi connectivity index (χ2v) is 7.93. The standard InChI is InChI=1S/C21H27N3O2S/c1-14-8-18(9-15(2)20(14)26-3)19(25)17-6-5-7-24(13-17)12-16-10-22-21(27-4)23-11-16/h8-11,17H,5-7,12-13H2,1-4H3. The molecule has 1 atom stereocenters. The minimum atomic E-state index is 0.0392. The lowest BCUT2D eigenvalue weighted by Crippen LogP contribution is -2.38. The molecule has 1 saturated heterocycles. The van der Waals surface area contributed by atoms with Crippen LogP contribution in [0.25, 0.3) is 0 Å². The zero-order chi connectivity index (χ0) is 19.4. The van der Waals surface area contributed by atoms with Crippen LogP contribution in [0.5, 0.6) is 5.75 Å². The van der Waals surface area contributed by atoms with E-state index in [0.717, 1.165) is 65.6 Å². The topological polar surface area (TPSA) is 55.3 Å². The smallest absolute Gasteiger partial charge is 0.187 e. The maximum absolute atomic E-state index is 13.1. The van der Waals surface area contributed by atoms with Crippen molar-refractivity contribution in [1.29, 1.82) is 0 Å². The molecular formula is C21H27N3O2S. The molecule has 27 heavy (non-hydrogen) atoms.